The molecule has 5 heteroatoms. The maximum atomic E-state index is 12.5. The van der Waals surface area contributed by atoms with Crippen molar-refractivity contribution in [2.75, 3.05) is 13.2 Å². The Morgan fingerprint density at radius 3 is 2.92 bits per heavy atom. The van der Waals surface area contributed by atoms with Gasteiger partial charge in [0.2, 0.25) is 5.91 Å². The number of nitrogens with one attached hydrogen (secondary N) is 2. The number of carbonyl (C=O) groups excluding carboxylic acids is 1. The smallest absolute Gasteiger partial charge is 0.234 e. The van der Waals surface area contributed by atoms with Crippen LogP contribution in [-0.4, -0.2) is 24.2 Å². The Morgan fingerprint density at radius 2 is 2.00 bits per heavy atom. The molecule has 0 unspecified atom stereocenters. The predicted octanol–water partition coefficient (Wildman–Crippen LogP) is 3.00. The fraction of sp³-hybridized carbons (Fsp3) is 0.381. The molecule has 136 valence electrons. The number of carbonyl (C=O) groups is 1. The molecule has 0 radical (unpaired) electrons. The van der Waals surface area contributed by atoms with E-state index in [0.717, 1.165) is 42.6 Å². The lowest BCUT2D eigenvalue weighted by atomic mass is 9.87. The molecule has 1 heterocycles. The maximum absolute atomic E-state index is 12.5. The van der Waals surface area contributed by atoms with Gasteiger partial charge in [-0.05, 0) is 48.6 Å². The third-order valence-electron chi connectivity index (χ3n) is 5.25. The minimum absolute atomic E-state index is 0.00284. The van der Waals surface area contributed by atoms with Crippen LogP contribution in [0.1, 0.15) is 48.0 Å². The molecule has 1 aliphatic heterocycles. The van der Waals surface area contributed by atoms with E-state index in [-0.39, 0.29) is 30.3 Å². The van der Waals surface area contributed by atoms with E-state index in [9.17, 15) is 9.90 Å². The zero-order valence-electron chi connectivity index (χ0n) is 14.7. The second-order valence-corrected chi connectivity index (χ2v) is 7.00. The van der Waals surface area contributed by atoms with Gasteiger partial charge in [-0.1, -0.05) is 24.3 Å². The second kappa shape index (κ2) is 7.38. The normalized spacial score (nSPS) is 21.2. The van der Waals surface area contributed by atoms with Crippen molar-refractivity contribution in [1.29, 1.82) is 0 Å². The van der Waals surface area contributed by atoms with Gasteiger partial charge in [0.1, 0.15) is 11.5 Å². The molecule has 2 atom stereocenters. The summed E-state index contributed by atoms with van der Waals surface area (Å²) in [7, 11) is 0. The Kier molecular flexibility index (Phi) is 4.80. The molecule has 5 nitrogen and oxygen atoms in total. The molecule has 3 N–H and O–H groups in total. The Morgan fingerprint density at radius 1 is 1.12 bits per heavy atom. The third-order valence-corrected chi connectivity index (χ3v) is 5.25. The van der Waals surface area contributed by atoms with Gasteiger partial charge in [-0.3, -0.25) is 4.79 Å². The van der Waals surface area contributed by atoms with Gasteiger partial charge in [-0.15, -0.1) is 0 Å². The summed E-state index contributed by atoms with van der Waals surface area (Å²) in [6, 6.07) is 13.5. The lowest BCUT2D eigenvalue weighted by Crippen LogP contribution is -2.39. The summed E-state index contributed by atoms with van der Waals surface area (Å²) in [4.78, 5) is 12.5. The fourth-order valence-electron chi connectivity index (χ4n) is 3.95. The highest BCUT2D eigenvalue weighted by Gasteiger charge is 2.24. The van der Waals surface area contributed by atoms with Gasteiger partial charge < -0.3 is 20.5 Å². The average molecular weight is 352 g/mol. The third kappa shape index (κ3) is 3.53. The number of rotatable bonds is 4. The van der Waals surface area contributed by atoms with Crippen molar-refractivity contribution < 1.29 is 14.6 Å². The molecule has 0 saturated carbocycles. The van der Waals surface area contributed by atoms with E-state index in [1.54, 1.807) is 6.07 Å². The predicted molar refractivity (Wildman–Crippen MR) is 99.2 cm³/mol. The summed E-state index contributed by atoms with van der Waals surface area (Å²) in [5.41, 5.74) is 3.41. The molecule has 0 spiro atoms. The standard InChI is InChI=1S/C21H24N2O3/c24-15-9-8-14-4-3-6-18(17(14)12-15)22-13-21(25)23-19-10-11-26-20-7-2-1-5-16(19)20/h1-2,5,7-9,12,18-19,22,24H,3-4,6,10-11,13H2,(H,23,25)/t18-,19-/m1/s1. The minimum Gasteiger partial charge on any atom is -0.508 e. The van der Waals surface area contributed by atoms with E-state index in [0.29, 0.717) is 6.61 Å². The Bertz CT molecular complexity index is 806. The summed E-state index contributed by atoms with van der Waals surface area (Å²) in [6.07, 6.45) is 3.87. The van der Waals surface area contributed by atoms with E-state index >= 15 is 0 Å². The van der Waals surface area contributed by atoms with Crippen LogP contribution >= 0.6 is 0 Å². The van der Waals surface area contributed by atoms with Crippen molar-refractivity contribution in [3.63, 3.8) is 0 Å². The topological polar surface area (TPSA) is 70.6 Å². The number of benzene rings is 2. The Hall–Kier alpha value is -2.53. The molecule has 2 aromatic carbocycles. The molecule has 4 rings (SSSR count). The van der Waals surface area contributed by atoms with E-state index < -0.39 is 0 Å². The van der Waals surface area contributed by atoms with Gasteiger partial charge >= 0.3 is 0 Å². The van der Waals surface area contributed by atoms with Crippen LogP contribution in [0.15, 0.2) is 42.5 Å². The number of hydrogen-bond donors (Lipinski definition) is 3. The van der Waals surface area contributed by atoms with Crippen LogP contribution in [0.4, 0.5) is 0 Å². The summed E-state index contributed by atoms with van der Waals surface area (Å²) in [5.74, 6) is 1.12. The summed E-state index contributed by atoms with van der Waals surface area (Å²) in [5, 5.41) is 16.3. The minimum atomic E-state index is -0.0148. The van der Waals surface area contributed by atoms with Crippen molar-refractivity contribution >= 4 is 5.91 Å². The van der Waals surface area contributed by atoms with Crippen molar-refractivity contribution in [2.24, 2.45) is 0 Å². The molecule has 0 aromatic heterocycles. The van der Waals surface area contributed by atoms with E-state index in [4.69, 9.17) is 4.74 Å². The highest BCUT2D eigenvalue weighted by Crippen LogP contribution is 2.33. The van der Waals surface area contributed by atoms with Gasteiger partial charge in [0.25, 0.3) is 0 Å². The van der Waals surface area contributed by atoms with E-state index in [2.05, 4.69) is 10.6 Å². The van der Waals surface area contributed by atoms with Crippen molar-refractivity contribution in [3.8, 4) is 11.5 Å². The number of phenolic OH excluding ortho intramolecular Hbond substituents is 1. The highest BCUT2D eigenvalue weighted by molar-refractivity contribution is 5.78. The first-order chi connectivity index (χ1) is 12.7. The van der Waals surface area contributed by atoms with Crippen molar-refractivity contribution in [1.82, 2.24) is 10.6 Å². The van der Waals surface area contributed by atoms with Crippen LogP contribution in [0.3, 0.4) is 0 Å². The van der Waals surface area contributed by atoms with Gasteiger partial charge in [0.15, 0.2) is 0 Å². The second-order valence-electron chi connectivity index (χ2n) is 7.00. The fourth-order valence-corrected chi connectivity index (χ4v) is 3.95. The van der Waals surface area contributed by atoms with Crippen LogP contribution in [0, 0.1) is 0 Å². The quantitative estimate of drug-likeness (QED) is 0.791. The Balaban J connectivity index is 1.38. The first kappa shape index (κ1) is 16.9. The van der Waals surface area contributed by atoms with Gasteiger partial charge in [-0.25, -0.2) is 0 Å². The highest BCUT2D eigenvalue weighted by atomic mass is 16.5. The zero-order chi connectivity index (χ0) is 17.9. The molecule has 2 aromatic rings. The lowest BCUT2D eigenvalue weighted by Gasteiger charge is -2.28. The van der Waals surface area contributed by atoms with Crippen LogP contribution < -0.4 is 15.4 Å². The first-order valence-electron chi connectivity index (χ1n) is 9.27. The number of para-hydroxylation sites is 1. The molecule has 26 heavy (non-hydrogen) atoms. The van der Waals surface area contributed by atoms with Crippen LogP contribution in [0.2, 0.25) is 0 Å². The maximum Gasteiger partial charge on any atom is 0.234 e. The SMILES string of the molecule is O=C(CN[C@@H]1CCCc2ccc(O)cc21)N[C@@H]1CCOc2ccccc21. The monoisotopic (exact) mass is 352 g/mol. The summed E-state index contributed by atoms with van der Waals surface area (Å²) in [6.45, 7) is 0.879. The van der Waals surface area contributed by atoms with E-state index in [1.165, 1.54) is 5.56 Å². The van der Waals surface area contributed by atoms with Crippen molar-refractivity contribution in [2.45, 2.75) is 37.8 Å². The number of aryl methyl sites for hydroxylation is 1. The summed E-state index contributed by atoms with van der Waals surface area (Å²) >= 11 is 0. The molecular formula is C21H24N2O3. The number of ether oxygens (including phenoxy) is 1. The molecule has 0 saturated heterocycles. The average Bonchev–Trinajstić information content (AvgIpc) is 2.66. The van der Waals surface area contributed by atoms with Crippen LogP contribution in [0.5, 0.6) is 11.5 Å². The number of amides is 1. The number of hydrogen-bond acceptors (Lipinski definition) is 4. The molecule has 1 aliphatic carbocycles. The molecular weight excluding hydrogens is 328 g/mol. The number of aromatic hydroxyl groups is 1. The molecule has 0 bridgehead atoms. The molecule has 2 aliphatic rings. The Labute approximate surface area is 153 Å². The van der Waals surface area contributed by atoms with Gasteiger partial charge in [0, 0.05) is 18.0 Å². The lowest BCUT2D eigenvalue weighted by molar-refractivity contribution is -0.121. The summed E-state index contributed by atoms with van der Waals surface area (Å²) < 4.78 is 5.65. The van der Waals surface area contributed by atoms with Gasteiger partial charge in [-0.2, -0.15) is 0 Å². The number of phenols is 1. The van der Waals surface area contributed by atoms with Crippen LogP contribution in [0.25, 0.3) is 0 Å². The van der Waals surface area contributed by atoms with Crippen LogP contribution in [-0.2, 0) is 11.2 Å². The zero-order valence-corrected chi connectivity index (χ0v) is 14.7. The first-order valence-corrected chi connectivity index (χ1v) is 9.27. The number of fused-ring (bicyclic) bond motifs is 2. The molecule has 1 amide bonds. The largest absolute Gasteiger partial charge is 0.508 e. The van der Waals surface area contributed by atoms with Crippen molar-refractivity contribution in [3.05, 3.63) is 59.2 Å². The van der Waals surface area contributed by atoms with Gasteiger partial charge in [0.05, 0.1) is 19.2 Å². The molecule has 0 fully saturated rings. The van der Waals surface area contributed by atoms with E-state index in [1.807, 2.05) is 36.4 Å².